The Bertz CT molecular complexity index is 292. The van der Waals surface area contributed by atoms with Crippen LogP contribution < -0.4 is 0 Å². The Morgan fingerprint density at radius 2 is 2.25 bits per heavy atom. The zero-order valence-electron chi connectivity index (χ0n) is 7.18. The van der Waals surface area contributed by atoms with Gasteiger partial charge in [-0.3, -0.25) is 4.98 Å². The largest absolute Gasteiger partial charge is 0.258 e. The van der Waals surface area contributed by atoms with Crippen molar-refractivity contribution in [3.8, 4) is 0 Å². The molecule has 1 fully saturated rings. The summed E-state index contributed by atoms with van der Waals surface area (Å²) in [6.07, 6.45) is 3.68. The van der Waals surface area contributed by atoms with E-state index < -0.39 is 0 Å². The second kappa shape index (κ2) is 3.17. The van der Waals surface area contributed by atoms with Crippen LogP contribution in [0.3, 0.4) is 0 Å². The summed E-state index contributed by atoms with van der Waals surface area (Å²) in [5.74, 6) is 0.757. The Labute approximate surface area is 81.3 Å². The number of halogens is 1. The zero-order chi connectivity index (χ0) is 8.55. The van der Waals surface area contributed by atoms with Crippen LogP contribution in [0.25, 0.3) is 0 Å². The Morgan fingerprint density at radius 3 is 2.83 bits per heavy atom. The predicted octanol–water partition coefficient (Wildman–Crippen LogP) is 3.28. The molecule has 0 atom stereocenters. The summed E-state index contributed by atoms with van der Waals surface area (Å²) in [4.78, 5) is 4.58. The minimum absolute atomic E-state index is 0.757. The number of hydrogen-bond acceptors (Lipinski definition) is 1. The monoisotopic (exact) mass is 225 g/mol. The van der Waals surface area contributed by atoms with E-state index in [1.54, 1.807) is 0 Å². The minimum Gasteiger partial charge on any atom is -0.258 e. The molecule has 1 aliphatic carbocycles. The summed E-state index contributed by atoms with van der Waals surface area (Å²) in [6, 6.07) is 4.25. The molecule has 1 saturated carbocycles. The van der Waals surface area contributed by atoms with Gasteiger partial charge in [-0.25, -0.2) is 0 Å². The lowest BCUT2D eigenvalue weighted by Gasteiger charge is -2.02. The smallest absolute Gasteiger partial charge is 0.0449 e. The normalized spacial score (nSPS) is 16.5. The van der Waals surface area contributed by atoms with Gasteiger partial charge in [-0.1, -0.05) is 22.9 Å². The highest BCUT2D eigenvalue weighted by Gasteiger charge is 2.25. The quantitative estimate of drug-likeness (QED) is 0.754. The molecule has 64 valence electrons. The lowest BCUT2D eigenvalue weighted by molar-refractivity contribution is 0.943. The number of pyridine rings is 1. The molecule has 0 spiro atoms. The van der Waals surface area contributed by atoms with Crippen LogP contribution in [0.5, 0.6) is 0 Å². The third-order valence-electron chi connectivity index (χ3n) is 2.22. The van der Waals surface area contributed by atoms with Gasteiger partial charge in [0.2, 0.25) is 0 Å². The van der Waals surface area contributed by atoms with Crippen molar-refractivity contribution in [2.45, 2.75) is 32.1 Å². The fourth-order valence-corrected chi connectivity index (χ4v) is 1.84. The molecule has 0 amide bonds. The van der Waals surface area contributed by atoms with Gasteiger partial charge in [0.1, 0.15) is 0 Å². The molecule has 0 unspecified atom stereocenters. The second-order valence-electron chi connectivity index (χ2n) is 3.33. The van der Waals surface area contributed by atoms with Crippen molar-refractivity contribution < 1.29 is 0 Å². The summed E-state index contributed by atoms with van der Waals surface area (Å²) in [5.41, 5.74) is 2.48. The van der Waals surface area contributed by atoms with Crippen LogP contribution in [0.1, 0.15) is 37.1 Å². The molecule has 2 rings (SSSR count). The number of aromatic nitrogens is 1. The maximum absolute atomic E-state index is 4.58. The molecular formula is C10H12BrN. The molecule has 12 heavy (non-hydrogen) atoms. The maximum Gasteiger partial charge on any atom is 0.0449 e. The van der Waals surface area contributed by atoms with Crippen LogP contribution in [-0.2, 0) is 6.42 Å². The molecule has 1 aliphatic rings. The van der Waals surface area contributed by atoms with Crippen molar-refractivity contribution in [3.05, 3.63) is 28.0 Å². The van der Waals surface area contributed by atoms with Gasteiger partial charge in [0.05, 0.1) is 0 Å². The lowest BCUT2D eigenvalue weighted by atomic mass is 10.2. The first-order valence-electron chi connectivity index (χ1n) is 4.46. The lowest BCUT2D eigenvalue weighted by Crippen LogP contribution is -1.92. The van der Waals surface area contributed by atoms with E-state index in [2.05, 4.69) is 40.0 Å². The van der Waals surface area contributed by atoms with Crippen molar-refractivity contribution in [2.75, 3.05) is 0 Å². The summed E-state index contributed by atoms with van der Waals surface area (Å²) in [5, 5.41) is 0. The third kappa shape index (κ3) is 1.69. The molecule has 0 N–H and O–H groups in total. The molecule has 1 heterocycles. The van der Waals surface area contributed by atoms with Crippen molar-refractivity contribution in [2.24, 2.45) is 0 Å². The highest BCUT2D eigenvalue weighted by atomic mass is 79.9. The molecule has 1 aromatic rings. The Morgan fingerprint density at radius 1 is 1.50 bits per heavy atom. The van der Waals surface area contributed by atoms with Crippen LogP contribution in [0.15, 0.2) is 16.6 Å². The molecule has 0 aliphatic heterocycles. The third-order valence-corrected chi connectivity index (χ3v) is 2.68. The topological polar surface area (TPSA) is 12.9 Å². The van der Waals surface area contributed by atoms with Crippen LogP contribution in [-0.4, -0.2) is 4.98 Å². The molecular weight excluding hydrogens is 214 g/mol. The van der Waals surface area contributed by atoms with E-state index in [0.717, 1.165) is 12.3 Å². The average Bonchev–Trinajstić information content (AvgIpc) is 2.85. The Kier molecular flexibility index (Phi) is 2.18. The number of hydrogen-bond donors (Lipinski definition) is 0. The van der Waals surface area contributed by atoms with E-state index in [4.69, 9.17) is 0 Å². The number of rotatable bonds is 2. The van der Waals surface area contributed by atoms with Crippen LogP contribution in [0.2, 0.25) is 0 Å². The molecule has 1 aromatic heterocycles. The van der Waals surface area contributed by atoms with Crippen LogP contribution in [0, 0.1) is 0 Å². The first kappa shape index (κ1) is 8.24. The van der Waals surface area contributed by atoms with E-state index >= 15 is 0 Å². The molecule has 0 radical (unpaired) electrons. The van der Waals surface area contributed by atoms with Gasteiger partial charge >= 0.3 is 0 Å². The van der Waals surface area contributed by atoms with E-state index in [1.807, 2.05) is 0 Å². The van der Waals surface area contributed by atoms with Gasteiger partial charge in [-0.05, 0) is 31.4 Å². The van der Waals surface area contributed by atoms with Gasteiger partial charge in [0, 0.05) is 21.8 Å². The fourth-order valence-electron chi connectivity index (χ4n) is 1.34. The number of nitrogens with zero attached hydrogens (tertiary/aromatic N) is 1. The fraction of sp³-hybridized carbons (Fsp3) is 0.500. The van der Waals surface area contributed by atoms with Crippen molar-refractivity contribution in [1.29, 1.82) is 0 Å². The zero-order valence-corrected chi connectivity index (χ0v) is 8.76. The molecule has 2 heteroatoms. The maximum atomic E-state index is 4.58. The second-order valence-corrected chi connectivity index (χ2v) is 4.25. The highest BCUT2D eigenvalue weighted by molar-refractivity contribution is 9.10. The van der Waals surface area contributed by atoms with Gasteiger partial charge < -0.3 is 0 Å². The molecule has 0 bridgehead atoms. The SMILES string of the molecule is CCc1cc(Br)cc(C2CC2)n1. The van der Waals surface area contributed by atoms with Crippen LogP contribution in [0.4, 0.5) is 0 Å². The summed E-state index contributed by atoms with van der Waals surface area (Å²) >= 11 is 3.51. The molecule has 0 saturated heterocycles. The van der Waals surface area contributed by atoms with Crippen molar-refractivity contribution >= 4 is 15.9 Å². The van der Waals surface area contributed by atoms with Crippen molar-refractivity contribution in [3.63, 3.8) is 0 Å². The highest BCUT2D eigenvalue weighted by Crippen LogP contribution is 2.39. The average molecular weight is 226 g/mol. The first-order valence-corrected chi connectivity index (χ1v) is 5.25. The molecule has 0 aromatic carbocycles. The van der Waals surface area contributed by atoms with Gasteiger partial charge in [0.25, 0.3) is 0 Å². The van der Waals surface area contributed by atoms with E-state index in [-0.39, 0.29) is 0 Å². The Balaban J connectivity index is 2.34. The van der Waals surface area contributed by atoms with E-state index in [1.165, 1.54) is 28.7 Å². The summed E-state index contributed by atoms with van der Waals surface area (Å²) < 4.78 is 1.18. The first-order chi connectivity index (χ1) is 5.79. The predicted molar refractivity (Wildman–Crippen MR) is 53.3 cm³/mol. The summed E-state index contributed by atoms with van der Waals surface area (Å²) in [7, 11) is 0. The standard InChI is InChI=1S/C10H12BrN/c1-2-9-5-8(11)6-10(12-9)7-3-4-7/h5-7H,2-4H2,1H3. The molecule has 1 nitrogen and oxygen atoms in total. The van der Waals surface area contributed by atoms with Crippen LogP contribution >= 0.6 is 15.9 Å². The van der Waals surface area contributed by atoms with E-state index in [0.29, 0.717) is 0 Å². The number of aryl methyl sites for hydroxylation is 1. The van der Waals surface area contributed by atoms with Gasteiger partial charge in [-0.2, -0.15) is 0 Å². The summed E-state index contributed by atoms with van der Waals surface area (Å²) in [6.45, 7) is 2.14. The van der Waals surface area contributed by atoms with Gasteiger partial charge in [-0.15, -0.1) is 0 Å². The Hall–Kier alpha value is -0.370. The van der Waals surface area contributed by atoms with Gasteiger partial charge in [0.15, 0.2) is 0 Å². The van der Waals surface area contributed by atoms with E-state index in [9.17, 15) is 0 Å². The van der Waals surface area contributed by atoms with Crippen molar-refractivity contribution in [1.82, 2.24) is 4.98 Å². The minimum atomic E-state index is 0.757.